The van der Waals surface area contributed by atoms with Gasteiger partial charge in [0.1, 0.15) is 0 Å². The molecular weight excluding hydrogens is 278 g/mol. The highest BCUT2D eigenvalue weighted by Gasteiger charge is 2.15. The van der Waals surface area contributed by atoms with Crippen LogP contribution < -0.4 is 5.32 Å². The largest absolute Gasteiger partial charge is 0.419 e. The summed E-state index contributed by atoms with van der Waals surface area (Å²) in [7, 11) is 0. The van der Waals surface area contributed by atoms with Gasteiger partial charge in [0, 0.05) is 24.0 Å². The standard InChI is InChI=1S/C16H19N5O/c1-12(13(2)21-10-6-9-18-21)17-11-15-19-20-16(22-15)14-7-4-3-5-8-14/h3-10,12-13,17H,11H2,1-2H3/t12-,13-/m1/s1. The Morgan fingerprint density at radius 3 is 2.68 bits per heavy atom. The summed E-state index contributed by atoms with van der Waals surface area (Å²) >= 11 is 0. The summed E-state index contributed by atoms with van der Waals surface area (Å²) in [5, 5.41) is 15.8. The fourth-order valence-corrected chi connectivity index (χ4v) is 2.19. The lowest BCUT2D eigenvalue weighted by molar-refractivity contribution is 0.349. The molecule has 0 amide bonds. The Bertz CT molecular complexity index is 692. The third-order valence-electron chi connectivity index (χ3n) is 3.73. The molecule has 0 aliphatic rings. The molecule has 6 nitrogen and oxygen atoms in total. The number of aromatic nitrogens is 4. The third-order valence-corrected chi connectivity index (χ3v) is 3.73. The quantitative estimate of drug-likeness (QED) is 0.757. The van der Waals surface area contributed by atoms with E-state index < -0.39 is 0 Å². The highest BCUT2D eigenvalue weighted by atomic mass is 16.4. The van der Waals surface area contributed by atoms with Crippen LogP contribution >= 0.6 is 0 Å². The van der Waals surface area contributed by atoms with E-state index in [1.807, 2.05) is 47.3 Å². The average Bonchev–Trinajstić information content (AvgIpc) is 3.24. The van der Waals surface area contributed by atoms with Gasteiger partial charge in [0.15, 0.2) is 0 Å². The van der Waals surface area contributed by atoms with Gasteiger partial charge in [-0.3, -0.25) is 4.68 Å². The van der Waals surface area contributed by atoms with E-state index in [0.717, 1.165) is 5.56 Å². The summed E-state index contributed by atoms with van der Waals surface area (Å²) in [5.74, 6) is 1.13. The monoisotopic (exact) mass is 297 g/mol. The van der Waals surface area contributed by atoms with E-state index in [9.17, 15) is 0 Å². The molecule has 0 unspecified atom stereocenters. The first-order valence-electron chi connectivity index (χ1n) is 7.34. The van der Waals surface area contributed by atoms with Gasteiger partial charge in [0.05, 0.1) is 12.6 Å². The molecule has 0 fully saturated rings. The zero-order valence-electron chi connectivity index (χ0n) is 12.7. The van der Waals surface area contributed by atoms with Crippen molar-refractivity contribution in [1.82, 2.24) is 25.3 Å². The smallest absolute Gasteiger partial charge is 0.247 e. The highest BCUT2D eigenvalue weighted by Crippen LogP contribution is 2.17. The van der Waals surface area contributed by atoms with Crippen LogP contribution in [0.25, 0.3) is 11.5 Å². The van der Waals surface area contributed by atoms with Crippen molar-refractivity contribution in [3.63, 3.8) is 0 Å². The van der Waals surface area contributed by atoms with Crippen molar-refractivity contribution < 1.29 is 4.42 Å². The van der Waals surface area contributed by atoms with Crippen molar-refractivity contribution >= 4 is 0 Å². The molecule has 2 aromatic heterocycles. The van der Waals surface area contributed by atoms with Crippen LogP contribution in [0.5, 0.6) is 0 Å². The second-order valence-corrected chi connectivity index (χ2v) is 5.26. The molecular formula is C16H19N5O. The minimum Gasteiger partial charge on any atom is -0.419 e. The second-order valence-electron chi connectivity index (χ2n) is 5.26. The van der Waals surface area contributed by atoms with Crippen LogP contribution in [0.3, 0.4) is 0 Å². The molecule has 22 heavy (non-hydrogen) atoms. The molecule has 0 saturated heterocycles. The minimum atomic E-state index is 0.229. The van der Waals surface area contributed by atoms with Gasteiger partial charge < -0.3 is 9.73 Å². The molecule has 0 aliphatic carbocycles. The molecule has 2 atom stereocenters. The Morgan fingerprint density at radius 1 is 1.14 bits per heavy atom. The third kappa shape index (κ3) is 3.23. The maximum atomic E-state index is 5.68. The van der Waals surface area contributed by atoms with E-state index >= 15 is 0 Å². The molecule has 0 spiro atoms. The first-order valence-corrected chi connectivity index (χ1v) is 7.34. The van der Waals surface area contributed by atoms with Crippen molar-refractivity contribution in [2.45, 2.75) is 32.5 Å². The number of nitrogens with zero attached hydrogens (tertiary/aromatic N) is 4. The van der Waals surface area contributed by atoms with Crippen LogP contribution in [0.2, 0.25) is 0 Å². The Kier molecular flexibility index (Phi) is 4.29. The zero-order valence-corrected chi connectivity index (χ0v) is 12.7. The molecule has 0 aliphatic heterocycles. The van der Waals surface area contributed by atoms with E-state index in [1.165, 1.54) is 0 Å². The van der Waals surface area contributed by atoms with E-state index in [-0.39, 0.29) is 12.1 Å². The van der Waals surface area contributed by atoms with Gasteiger partial charge >= 0.3 is 0 Å². The lowest BCUT2D eigenvalue weighted by atomic mass is 10.2. The minimum absolute atomic E-state index is 0.229. The van der Waals surface area contributed by atoms with Crippen LogP contribution in [0.4, 0.5) is 0 Å². The van der Waals surface area contributed by atoms with Gasteiger partial charge in [-0.15, -0.1) is 10.2 Å². The molecule has 6 heteroatoms. The average molecular weight is 297 g/mol. The summed E-state index contributed by atoms with van der Waals surface area (Å²) in [6, 6.07) is 12.2. The van der Waals surface area contributed by atoms with Crippen LogP contribution in [-0.4, -0.2) is 26.0 Å². The maximum absolute atomic E-state index is 5.68. The maximum Gasteiger partial charge on any atom is 0.247 e. The number of nitrogens with one attached hydrogen (secondary N) is 1. The molecule has 0 radical (unpaired) electrons. The number of benzene rings is 1. The van der Waals surface area contributed by atoms with Crippen LogP contribution in [-0.2, 0) is 6.54 Å². The summed E-state index contributed by atoms with van der Waals surface area (Å²) < 4.78 is 7.61. The molecule has 0 saturated carbocycles. The summed E-state index contributed by atoms with van der Waals surface area (Å²) in [6.07, 6.45) is 3.75. The number of rotatable bonds is 6. The van der Waals surface area contributed by atoms with Gasteiger partial charge in [0.25, 0.3) is 0 Å². The molecule has 2 heterocycles. The first kappa shape index (κ1) is 14.5. The van der Waals surface area contributed by atoms with Crippen LogP contribution in [0, 0.1) is 0 Å². The van der Waals surface area contributed by atoms with E-state index in [0.29, 0.717) is 18.3 Å². The van der Waals surface area contributed by atoms with Crippen LogP contribution in [0.1, 0.15) is 25.8 Å². The lowest BCUT2D eigenvalue weighted by Gasteiger charge is -2.20. The fraction of sp³-hybridized carbons (Fsp3) is 0.312. The Labute approximate surface area is 129 Å². The summed E-state index contributed by atoms with van der Waals surface area (Å²) in [4.78, 5) is 0. The highest BCUT2D eigenvalue weighted by molar-refractivity contribution is 5.51. The van der Waals surface area contributed by atoms with Crippen molar-refractivity contribution in [3.05, 3.63) is 54.7 Å². The van der Waals surface area contributed by atoms with E-state index in [2.05, 4.69) is 34.5 Å². The molecule has 3 aromatic rings. The lowest BCUT2D eigenvalue weighted by Crippen LogP contribution is -2.33. The number of hydrogen-bond acceptors (Lipinski definition) is 5. The molecule has 1 N–H and O–H groups in total. The molecule has 3 rings (SSSR count). The Hall–Kier alpha value is -2.47. The SMILES string of the molecule is C[C@H]([C@@H](C)NCc1nnc(-c2ccccc2)o1)n1cccn1. The van der Waals surface area contributed by atoms with Crippen molar-refractivity contribution in [3.8, 4) is 11.5 Å². The van der Waals surface area contributed by atoms with Gasteiger partial charge in [0.2, 0.25) is 11.8 Å². The molecule has 114 valence electrons. The predicted molar refractivity (Wildman–Crippen MR) is 83.0 cm³/mol. The van der Waals surface area contributed by atoms with Crippen LogP contribution in [0.15, 0.2) is 53.2 Å². The van der Waals surface area contributed by atoms with Gasteiger partial charge in [-0.05, 0) is 32.0 Å². The topological polar surface area (TPSA) is 68.8 Å². The predicted octanol–water partition coefficient (Wildman–Crippen LogP) is 2.67. The van der Waals surface area contributed by atoms with Gasteiger partial charge in [-0.25, -0.2) is 0 Å². The van der Waals surface area contributed by atoms with Crippen molar-refractivity contribution in [1.29, 1.82) is 0 Å². The second kappa shape index (κ2) is 6.53. The van der Waals surface area contributed by atoms with Crippen molar-refractivity contribution in [2.24, 2.45) is 0 Å². The van der Waals surface area contributed by atoms with E-state index in [1.54, 1.807) is 6.20 Å². The summed E-state index contributed by atoms with van der Waals surface area (Å²) in [5.41, 5.74) is 0.930. The number of hydrogen-bond donors (Lipinski definition) is 1. The van der Waals surface area contributed by atoms with Gasteiger partial charge in [-0.1, -0.05) is 18.2 Å². The zero-order chi connectivity index (χ0) is 15.4. The Morgan fingerprint density at radius 2 is 1.95 bits per heavy atom. The fourth-order valence-electron chi connectivity index (χ4n) is 2.19. The normalized spacial score (nSPS) is 13.9. The molecule has 1 aromatic carbocycles. The molecule has 0 bridgehead atoms. The van der Waals surface area contributed by atoms with Crippen molar-refractivity contribution in [2.75, 3.05) is 0 Å². The van der Waals surface area contributed by atoms with Gasteiger partial charge in [-0.2, -0.15) is 5.10 Å². The Balaban J connectivity index is 1.59. The first-order chi connectivity index (χ1) is 10.7. The summed E-state index contributed by atoms with van der Waals surface area (Å²) in [6.45, 7) is 4.77. The van der Waals surface area contributed by atoms with E-state index in [4.69, 9.17) is 4.42 Å².